The summed E-state index contributed by atoms with van der Waals surface area (Å²) >= 11 is 3.09. The van der Waals surface area contributed by atoms with E-state index in [9.17, 15) is 14.9 Å². The molecule has 1 unspecified atom stereocenters. The third-order valence-corrected chi connectivity index (χ3v) is 2.53. The van der Waals surface area contributed by atoms with E-state index in [4.69, 9.17) is 0 Å². The summed E-state index contributed by atoms with van der Waals surface area (Å²) in [7, 11) is 0. The number of nitrogens with zero attached hydrogens (tertiary/aromatic N) is 1. The summed E-state index contributed by atoms with van der Waals surface area (Å²) in [5, 5.41) is 10.5. The van der Waals surface area contributed by atoms with Crippen molar-refractivity contribution in [1.29, 1.82) is 0 Å². The summed E-state index contributed by atoms with van der Waals surface area (Å²) in [5.74, 6) is -0.243. The molecule has 1 rings (SSSR count). The molecule has 74 valence electrons. The second kappa shape index (κ2) is 4.32. The second-order valence-electron chi connectivity index (χ2n) is 2.89. The number of hydrogen-bond donors (Lipinski definition) is 0. The van der Waals surface area contributed by atoms with Crippen LogP contribution in [0.4, 0.5) is 5.69 Å². The first kappa shape index (κ1) is 10.8. The number of carbonyl (C=O) groups excluding carboxylic acids is 1. The second-order valence-corrected chi connectivity index (χ2v) is 3.75. The summed E-state index contributed by atoms with van der Waals surface area (Å²) in [6.45, 7) is 1.74. The molecule has 0 bridgehead atoms. The molecule has 0 spiro atoms. The summed E-state index contributed by atoms with van der Waals surface area (Å²) in [6, 6.07) is 4.57. The Hall–Kier alpha value is -1.23. The van der Waals surface area contributed by atoms with Gasteiger partial charge in [-0.15, -0.1) is 0 Å². The standard InChI is InChI=1S/C9H8BrNO3/c1-6(5-12)7-2-3-9(11(13)14)8(10)4-7/h2-6H,1H3. The molecule has 0 heterocycles. The minimum absolute atomic E-state index is 0.00634. The monoisotopic (exact) mass is 257 g/mol. The Morgan fingerprint density at radius 1 is 1.57 bits per heavy atom. The van der Waals surface area contributed by atoms with E-state index in [1.807, 2.05) is 0 Å². The highest BCUT2D eigenvalue weighted by molar-refractivity contribution is 9.10. The van der Waals surface area contributed by atoms with Crippen LogP contribution in [0, 0.1) is 10.1 Å². The molecule has 4 nitrogen and oxygen atoms in total. The van der Waals surface area contributed by atoms with E-state index in [1.165, 1.54) is 6.07 Å². The molecule has 5 heteroatoms. The zero-order chi connectivity index (χ0) is 10.7. The topological polar surface area (TPSA) is 60.2 Å². The highest BCUT2D eigenvalue weighted by atomic mass is 79.9. The lowest BCUT2D eigenvalue weighted by molar-refractivity contribution is -0.385. The quantitative estimate of drug-likeness (QED) is 0.475. The van der Waals surface area contributed by atoms with Gasteiger partial charge in [0.2, 0.25) is 0 Å². The number of carbonyl (C=O) groups is 1. The molecule has 1 atom stereocenters. The molecule has 0 fully saturated rings. The number of halogens is 1. The first-order valence-corrected chi connectivity index (χ1v) is 4.74. The highest BCUT2D eigenvalue weighted by Gasteiger charge is 2.13. The Morgan fingerprint density at radius 3 is 2.64 bits per heavy atom. The first-order valence-electron chi connectivity index (χ1n) is 3.95. The van der Waals surface area contributed by atoms with Crippen LogP contribution < -0.4 is 0 Å². The third kappa shape index (κ3) is 2.17. The SMILES string of the molecule is CC(C=O)c1ccc([N+](=O)[O-])c(Br)c1. The molecule has 0 aromatic heterocycles. The summed E-state index contributed by atoms with van der Waals surface area (Å²) in [5.41, 5.74) is 0.768. The van der Waals surface area contributed by atoms with E-state index >= 15 is 0 Å². The van der Waals surface area contributed by atoms with Crippen LogP contribution in [0.2, 0.25) is 0 Å². The maximum absolute atomic E-state index is 10.5. The molecular formula is C9H8BrNO3. The molecule has 1 aromatic rings. The predicted octanol–water partition coefficient (Wildman–Crippen LogP) is 2.66. The fraction of sp³-hybridized carbons (Fsp3) is 0.222. The number of hydrogen-bond acceptors (Lipinski definition) is 3. The van der Waals surface area contributed by atoms with Crippen molar-refractivity contribution in [1.82, 2.24) is 0 Å². The third-order valence-electron chi connectivity index (χ3n) is 1.90. The average Bonchev–Trinajstić information content (AvgIpc) is 2.15. The van der Waals surface area contributed by atoms with E-state index in [0.29, 0.717) is 4.47 Å². The van der Waals surface area contributed by atoms with E-state index in [0.717, 1.165) is 11.8 Å². The van der Waals surface area contributed by atoms with Gasteiger partial charge < -0.3 is 4.79 Å². The van der Waals surface area contributed by atoms with Crippen LogP contribution in [0.5, 0.6) is 0 Å². The molecular weight excluding hydrogens is 250 g/mol. The van der Waals surface area contributed by atoms with Crippen molar-refractivity contribution in [2.75, 3.05) is 0 Å². The van der Waals surface area contributed by atoms with Crippen LogP contribution in [0.3, 0.4) is 0 Å². The molecule has 0 aliphatic rings. The predicted molar refractivity (Wildman–Crippen MR) is 55.3 cm³/mol. The molecule has 0 amide bonds. The molecule has 14 heavy (non-hydrogen) atoms. The largest absolute Gasteiger partial charge is 0.303 e. The molecule has 0 N–H and O–H groups in total. The minimum Gasteiger partial charge on any atom is -0.303 e. The van der Waals surface area contributed by atoms with Gasteiger partial charge in [0, 0.05) is 12.0 Å². The minimum atomic E-state index is -0.473. The van der Waals surface area contributed by atoms with Crippen molar-refractivity contribution >= 4 is 27.9 Å². The maximum Gasteiger partial charge on any atom is 0.283 e. The van der Waals surface area contributed by atoms with E-state index < -0.39 is 4.92 Å². The van der Waals surface area contributed by atoms with E-state index in [-0.39, 0.29) is 11.6 Å². The smallest absolute Gasteiger partial charge is 0.283 e. The first-order chi connectivity index (χ1) is 6.56. The van der Waals surface area contributed by atoms with Crippen molar-refractivity contribution in [2.45, 2.75) is 12.8 Å². The van der Waals surface area contributed by atoms with Gasteiger partial charge in [0.15, 0.2) is 0 Å². The van der Waals surface area contributed by atoms with Crippen LogP contribution in [-0.2, 0) is 4.79 Å². The van der Waals surface area contributed by atoms with Gasteiger partial charge in [0.25, 0.3) is 5.69 Å². The van der Waals surface area contributed by atoms with Gasteiger partial charge in [0.05, 0.1) is 9.40 Å². The lowest BCUT2D eigenvalue weighted by Gasteiger charge is -2.04. The van der Waals surface area contributed by atoms with Gasteiger partial charge in [-0.25, -0.2) is 0 Å². The van der Waals surface area contributed by atoms with Crippen LogP contribution in [0.15, 0.2) is 22.7 Å². The van der Waals surface area contributed by atoms with Gasteiger partial charge in [0.1, 0.15) is 6.29 Å². The number of benzene rings is 1. The van der Waals surface area contributed by atoms with Gasteiger partial charge in [-0.1, -0.05) is 13.0 Å². The maximum atomic E-state index is 10.5. The zero-order valence-corrected chi connectivity index (χ0v) is 9.02. The normalized spacial score (nSPS) is 12.1. The Bertz CT molecular complexity index is 378. The van der Waals surface area contributed by atoms with E-state index in [1.54, 1.807) is 19.1 Å². The van der Waals surface area contributed by atoms with Crippen LogP contribution in [0.25, 0.3) is 0 Å². The van der Waals surface area contributed by atoms with Gasteiger partial charge >= 0.3 is 0 Å². The number of aldehydes is 1. The van der Waals surface area contributed by atoms with Crippen LogP contribution in [-0.4, -0.2) is 11.2 Å². The summed E-state index contributed by atoms with van der Waals surface area (Å²) < 4.78 is 0.397. The summed E-state index contributed by atoms with van der Waals surface area (Å²) in [6.07, 6.45) is 0.799. The lowest BCUT2D eigenvalue weighted by Crippen LogP contribution is -1.96. The van der Waals surface area contributed by atoms with E-state index in [2.05, 4.69) is 15.9 Å². The molecule has 0 aliphatic heterocycles. The van der Waals surface area contributed by atoms with Crippen molar-refractivity contribution < 1.29 is 9.72 Å². The van der Waals surface area contributed by atoms with Crippen molar-refractivity contribution in [2.24, 2.45) is 0 Å². The lowest BCUT2D eigenvalue weighted by atomic mass is 10.0. The van der Waals surface area contributed by atoms with Crippen molar-refractivity contribution in [3.05, 3.63) is 38.3 Å². The van der Waals surface area contributed by atoms with Crippen LogP contribution in [0.1, 0.15) is 18.4 Å². The van der Waals surface area contributed by atoms with Crippen molar-refractivity contribution in [3.63, 3.8) is 0 Å². The van der Waals surface area contributed by atoms with Gasteiger partial charge in [-0.2, -0.15) is 0 Å². The molecule has 0 saturated heterocycles. The van der Waals surface area contributed by atoms with Crippen LogP contribution >= 0.6 is 15.9 Å². The Balaban J connectivity index is 3.12. The van der Waals surface area contributed by atoms with Crippen molar-refractivity contribution in [3.8, 4) is 0 Å². The number of rotatable bonds is 3. The highest BCUT2D eigenvalue weighted by Crippen LogP contribution is 2.27. The summed E-state index contributed by atoms with van der Waals surface area (Å²) in [4.78, 5) is 20.5. The number of nitro benzene ring substituents is 1. The van der Waals surface area contributed by atoms with Gasteiger partial charge in [-0.3, -0.25) is 10.1 Å². The Morgan fingerprint density at radius 2 is 2.21 bits per heavy atom. The fourth-order valence-corrected chi connectivity index (χ4v) is 1.57. The molecule has 1 aromatic carbocycles. The fourth-order valence-electron chi connectivity index (χ4n) is 1.03. The molecule has 0 radical (unpaired) electrons. The Labute approximate surface area is 89.2 Å². The molecule has 0 saturated carbocycles. The Kier molecular flexibility index (Phi) is 3.35. The van der Waals surface area contributed by atoms with Gasteiger partial charge in [-0.05, 0) is 27.6 Å². The molecule has 0 aliphatic carbocycles. The average molecular weight is 258 g/mol. The zero-order valence-electron chi connectivity index (χ0n) is 7.44. The number of nitro groups is 1.